The van der Waals surface area contributed by atoms with E-state index in [1.165, 1.54) is 31.4 Å². The lowest BCUT2D eigenvalue weighted by molar-refractivity contribution is -0.116. The summed E-state index contributed by atoms with van der Waals surface area (Å²) in [5, 5.41) is 5.79. The number of aryl methyl sites for hydroxylation is 1. The number of benzene rings is 1. The van der Waals surface area contributed by atoms with Gasteiger partial charge in [-0.05, 0) is 50.5 Å². The molecule has 1 aromatic carbocycles. The number of aromatic nitrogens is 2. The van der Waals surface area contributed by atoms with Crippen molar-refractivity contribution in [1.82, 2.24) is 15.3 Å². The number of anilines is 2. The standard InChI is InChI=1S/C21H25F2N5O/c1-15-13-19(28-11-3-2-4-12-28)27-21(26-15)25-10-9-24-20(29)8-5-16-14-17(22)6-7-18(16)23/h5-8,13-14H,2-4,9-12H2,1H3,(H,24,29)(H,25,26,27)/b8-5+. The van der Waals surface area contributed by atoms with Gasteiger partial charge < -0.3 is 15.5 Å². The van der Waals surface area contributed by atoms with Crippen molar-refractivity contribution >= 4 is 23.7 Å². The summed E-state index contributed by atoms with van der Waals surface area (Å²) in [6, 6.07) is 5.07. The molecule has 1 aliphatic rings. The maximum Gasteiger partial charge on any atom is 0.244 e. The Bertz CT molecular complexity index is 881. The predicted octanol–water partition coefficient (Wildman–Crippen LogP) is 3.30. The SMILES string of the molecule is Cc1cc(N2CCCCC2)nc(NCCNC(=O)/C=C/c2cc(F)ccc2F)n1. The minimum absolute atomic E-state index is 0.0247. The van der Waals surface area contributed by atoms with Crippen molar-refractivity contribution in [2.24, 2.45) is 0 Å². The molecule has 1 aromatic heterocycles. The van der Waals surface area contributed by atoms with Crippen molar-refractivity contribution in [3.05, 3.63) is 53.2 Å². The Labute approximate surface area is 169 Å². The Morgan fingerprint density at radius 2 is 1.93 bits per heavy atom. The lowest BCUT2D eigenvalue weighted by Gasteiger charge is -2.28. The number of hydrogen-bond donors (Lipinski definition) is 2. The van der Waals surface area contributed by atoms with Crippen molar-refractivity contribution in [3.8, 4) is 0 Å². The molecule has 0 radical (unpaired) electrons. The molecular formula is C21H25F2N5O. The zero-order valence-electron chi connectivity index (χ0n) is 16.4. The fraction of sp³-hybridized carbons (Fsp3) is 0.381. The van der Waals surface area contributed by atoms with E-state index in [0.717, 1.165) is 42.8 Å². The molecule has 2 heterocycles. The predicted molar refractivity (Wildman–Crippen MR) is 110 cm³/mol. The second-order valence-electron chi connectivity index (χ2n) is 6.96. The Balaban J connectivity index is 1.47. The molecule has 6 nitrogen and oxygen atoms in total. The van der Waals surface area contributed by atoms with Crippen LogP contribution in [-0.4, -0.2) is 42.1 Å². The molecule has 0 bridgehead atoms. The molecule has 154 valence electrons. The average Bonchev–Trinajstić information content (AvgIpc) is 2.72. The van der Waals surface area contributed by atoms with E-state index in [2.05, 4.69) is 25.5 Å². The van der Waals surface area contributed by atoms with Gasteiger partial charge in [-0.2, -0.15) is 4.98 Å². The highest BCUT2D eigenvalue weighted by atomic mass is 19.1. The molecule has 3 rings (SSSR count). The third-order valence-electron chi connectivity index (χ3n) is 4.60. The number of carbonyl (C=O) groups is 1. The van der Waals surface area contributed by atoms with Gasteiger partial charge in [0.05, 0.1) is 0 Å². The summed E-state index contributed by atoms with van der Waals surface area (Å²) in [5.41, 5.74) is 0.906. The topological polar surface area (TPSA) is 70.2 Å². The van der Waals surface area contributed by atoms with Gasteiger partial charge in [0, 0.05) is 49.6 Å². The summed E-state index contributed by atoms with van der Waals surface area (Å²) < 4.78 is 26.7. The highest BCUT2D eigenvalue weighted by molar-refractivity contribution is 5.91. The monoisotopic (exact) mass is 401 g/mol. The van der Waals surface area contributed by atoms with Crippen LogP contribution in [0, 0.1) is 18.6 Å². The van der Waals surface area contributed by atoms with E-state index < -0.39 is 17.5 Å². The minimum atomic E-state index is -0.585. The van der Waals surface area contributed by atoms with Crippen LogP contribution in [0.2, 0.25) is 0 Å². The van der Waals surface area contributed by atoms with Crippen LogP contribution in [0.5, 0.6) is 0 Å². The number of piperidine rings is 1. The van der Waals surface area contributed by atoms with Crippen LogP contribution in [0.4, 0.5) is 20.5 Å². The molecule has 2 N–H and O–H groups in total. The molecule has 0 spiro atoms. The molecule has 1 fully saturated rings. The third kappa shape index (κ3) is 6.23. The van der Waals surface area contributed by atoms with Crippen LogP contribution in [0.25, 0.3) is 6.08 Å². The van der Waals surface area contributed by atoms with Crippen molar-refractivity contribution in [3.63, 3.8) is 0 Å². The number of hydrogen-bond acceptors (Lipinski definition) is 5. The van der Waals surface area contributed by atoms with Gasteiger partial charge in [-0.1, -0.05) is 0 Å². The Hall–Kier alpha value is -3.03. The fourth-order valence-corrected chi connectivity index (χ4v) is 3.14. The van der Waals surface area contributed by atoms with Crippen LogP contribution >= 0.6 is 0 Å². The summed E-state index contributed by atoms with van der Waals surface area (Å²) >= 11 is 0. The van der Waals surface area contributed by atoms with E-state index >= 15 is 0 Å². The first-order valence-electron chi connectivity index (χ1n) is 9.77. The lowest BCUT2D eigenvalue weighted by atomic mass is 10.1. The number of amides is 1. The molecule has 8 heteroatoms. The van der Waals surface area contributed by atoms with E-state index in [9.17, 15) is 13.6 Å². The zero-order chi connectivity index (χ0) is 20.6. The number of rotatable bonds is 7. The van der Waals surface area contributed by atoms with Crippen LogP contribution in [0.15, 0.2) is 30.3 Å². The molecular weight excluding hydrogens is 376 g/mol. The van der Waals surface area contributed by atoms with E-state index in [-0.39, 0.29) is 5.56 Å². The van der Waals surface area contributed by atoms with Gasteiger partial charge in [-0.25, -0.2) is 13.8 Å². The first-order chi connectivity index (χ1) is 14.0. The summed E-state index contributed by atoms with van der Waals surface area (Å²) in [6.07, 6.45) is 6.02. The number of halogens is 2. The van der Waals surface area contributed by atoms with Crippen LogP contribution < -0.4 is 15.5 Å². The molecule has 1 aliphatic heterocycles. The van der Waals surface area contributed by atoms with Gasteiger partial charge >= 0.3 is 0 Å². The van der Waals surface area contributed by atoms with E-state index in [1.54, 1.807) is 0 Å². The Kier molecular flexibility index (Phi) is 7.10. The van der Waals surface area contributed by atoms with E-state index in [1.807, 2.05) is 13.0 Å². The second-order valence-corrected chi connectivity index (χ2v) is 6.96. The fourth-order valence-electron chi connectivity index (χ4n) is 3.14. The number of carbonyl (C=O) groups excluding carboxylic acids is 1. The van der Waals surface area contributed by atoms with Crippen LogP contribution in [0.1, 0.15) is 30.5 Å². The largest absolute Gasteiger partial charge is 0.356 e. The normalized spacial score (nSPS) is 14.2. The molecule has 29 heavy (non-hydrogen) atoms. The quantitative estimate of drug-likeness (QED) is 0.550. The number of nitrogens with one attached hydrogen (secondary N) is 2. The van der Waals surface area contributed by atoms with Crippen LogP contribution in [-0.2, 0) is 4.79 Å². The van der Waals surface area contributed by atoms with Gasteiger partial charge in [0.25, 0.3) is 0 Å². The van der Waals surface area contributed by atoms with Gasteiger partial charge in [-0.15, -0.1) is 0 Å². The molecule has 1 saturated heterocycles. The second kappa shape index (κ2) is 9.95. The maximum absolute atomic E-state index is 13.5. The molecule has 0 unspecified atom stereocenters. The highest BCUT2D eigenvalue weighted by Crippen LogP contribution is 2.19. The zero-order valence-corrected chi connectivity index (χ0v) is 16.4. The first kappa shape index (κ1) is 20.7. The summed E-state index contributed by atoms with van der Waals surface area (Å²) in [6.45, 7) is 4.72. The summed E-state index contributed by atoms with van der Waals surface area (Å²) in [7, 11) is 0. The van der Waals surface area contributed by atoms with E-state index in [0.29, 0.717) is 19.0 Å². The average molecular weight is 401 g/mol. The van der Waals surface area contributed by atoms with Gasteiger partial charge in [0.15, 0.2) is 0 Å². The van der Waals surface area contributed by atoms with Crippen molar-refractivity contribution in [2.45, 2.75) is 26.2 Å². The smallest absolute Gasteiger partial charge is 0.244 e. The molecule has 0 saturated carbocycles. The minimum Gasteiger partial charge on any atom is -0.356 e. The molecule has 0 atom stereocenters. The first-order valence-corrected chi connectivity index (χ1v) is 9.77. The van der Waals surface area contributed by atoms with E-state index in [4.69, 9.17) is 0 Å². The number of nitrogens with zero attached hydrogens (tertiary/aromatic N) is 3. The maximum atomic E-state index is 13.5. The van der Waals surface area contributed by atoms with Crippen molar-refractivity contribution in [2.75, 3.05) is 36.4 Å². The lowest BCUT2D eigenvalue weighted by Crippen LogP contribution is -2.31. The van der Waals surface area contributed by atoms with Gasteiger partial charge in [-0.3, -0.25) is 4.79 Å². The summed E-state index contributed by atoms with van der Waals surface area (Å²) in [4.78, 5) is 23.1. The Morgan fingerprint density at radius 1 is 1.14 bits per heavy atom. The summed E-state index contributed by atoms with van der Waals surface area (Å²) in [5.74, 6) is -0.0911. The highest BCUT2D eigenvalue weighted by Gasteiger charge is 2.13. The molecule has 0 aliphatic carbocycles. The third-order valence-corrected chi connectivity index (χ3v) is 4.60. The van der Waals surface area contributed by atoms with Gasteiger partial charge in [0.1, 0.15) is 17.5 Å². The van der Waals surface area contributed by atoms with Crippen LogP contribution in [0.3, 0.4) is 0 Å². The van der Waals surface area contributed by atoms with Crippen molar-refractivity contribution in [1.29, 1.82) is 0 Å². The Morgan fingerprint density at radius 3 is 2.72 bits per heavy atom. The molecule has 2 aromatic rings. The van der Waals surface area contributed by atoms with Gasteiger partial charge in [0.2, 0.25) is 11.9 Å². The van der Waals surface area contributed by atoms with Crippen molar-refractivity contribution < 1.29 is 13.6 Å². The molecule has 1 amide bonds.